The highest BCUT2D eigenvalue weighted by Gasteiger charge is 2.17. The number of amides is 1. The van der Waals surface area contributed by atoms with Crippen LogP contribution in [0.15, 0.2) is 54.2 Å². The average molecular weight is 399 g/mol. The third-order valence-corrected chi connectivity index (χ3v) is 5.16. The smallest absolute Gasteiger partial charge is 0.228 e. The highest BCUT2D eigenvalue weighted by Crippen LogP contribution is 2.24. The fourth-order valence-corrected chi connectivity index (χ4v) is 3.55. The van der Waals surface area contributed by atoms with Crippen LogP contribution in [0.4, 0.5) is 4.39 Å². The molecule has 5 nitrogen and oxygen atoms in total. The van der Waals surface area contributed by atoms with Crippen LogP contribution in [0, 0.1) is 5.82 Å². The summed E-state index contributed by atoms with van der Waals surface area (Å²) in [4.78, 5) is 25.5. The minimum Gasteiger partial charge on any atom is -0.337 e. The van der Waals surface area contributed by atoms with Gasteiger partial charge in [0.25, 0.3) is 0 Å². The van der Waals surface area contributed by atoms with Crippen molar-refractivity contribution in [1.82, 2.24) is 19.8 Å². The van der Waals surface area contributed by atoms with E-state index in [0.29, 0.717) is 18.8 Å². The zero-order valence-corrected chi connectivity index (χ0v) is 16.8. The van der Waals surface area contributed by atoms with E-state index in [1.165, 1.54) is 23.5 Å². The minimum absolute atomic E-state index is 0.0156. The number of halogens is 1. The number of rotatable bonds is 8. The summed E-state index contributed by atoms with van der Waals surface area (Å²) in [5, 5.41) is 2.58. The van der Waals surface area contributed by atoms with Crippen LogP contribution in [0.25, 0.3) is 10.6 Å². The van der Waals surface area contributed by atoms with E-state index in [9.17, 15) is 9.18 Å². The van der Waals surface area contributed by atoms with Gasteiger partial charge in [0.05, 0.1) is 12.1 Å². The third kappa shape index (κ3) is 5.68. The topological polar surface area (TPSA) is 49.3 Å². The standard InChI is InChI=1S/C21H23FN4OS/c1-25(2)9-10-26(14-16-5-4-8-23-13-16)20(27)12-19-15-28-21(24-19)17-6-3-7-18(22)11-17/h3-8,11,13,15H,9-10,12,14H2,1-2H3. The lowest BCUT2D eigenvalue weighted by Crippen LogP contribution is -2.37. The van der Waals surface area contributed by atoms with Crippen molar-refractivity contribution in [3.05, 3.63) is 71.2 Å². The monoisotopic (exact) mass is 398 g/mol. The highest BCUT2D eigenvalue weighted by molar-refractivity contribution is 7.13. The molecule has 0 spiro atoms. The molecule has 28 heavy (non-hydrogen) atoms. The molecule has 7 heteroatoms. The Hall–Kier alpha value is -2.64. The predicted octanol–water partition coefficient (Wildman–Crippen LogP) is 3.48. The Bertz CT molecular complexity index is 914. The molecule has 3 aromatic rings. The van der Waals surface area contributed by atoms with Crippen LogP contribution in [-0.2, 0) is 17.8 Å². The predicted molar refractivity (Wildman–Crippen MR) is 109 cm³/mol. The van der Waals surface area contributed by atoms with E-state index < -0.39 is 0 Å². The van der Waals surface area contributed by atoms with Gasteiger partial charge in [0, 0.05) is 43.0 Å². The van der Waals surface area contributed by atoms with E-state index in [2.05, 4.69) is 14.9 Å². The Balaban J connectivity index is 1.70. The SMILES string of the molecule is CN(C)CCN(Cc1cccnc1)C(=O)Cc1csc(-c2cccc(F)c2)n1. The summed E-state index contributed by atoms with van der Waals surface area (Å²) in [6.45, 7) is 1.92. The first-order chi connectivity index (χ1) is 13.5. The van der Waals surface area contributed by atoms with Gasteiger partial charge >= 0.3 is 0 Å². The number of carbonyl (C=O) groups is 1. The third-order valence-electron chi connectivity index (χ3n) is 4.22. The molecule has 0 radical (unpaired) electrons. The van der Waals surface area contributed by atoms with Crippen molar-refractivity contribution in [2.24, 2.45) is 0 Å². The first kappa shape index (κ1) is 20.1. The van der Waals surface area contributed by atoms with Gasteiger partial charge in [-0.2, -0.15) is 0 Å². The van der Waals surface area contributed by atoms with Gasteiger partial charge in [-0.1, -0.05) is 18.2 Å². The van der Waals surface area contributed by atoms with Gasteiger partial charge in [0.2, 0.25) is 5.91 Å². The van der Waals surface area contributed by atoms with Crippen molar-refractivity contribution in [1.29, 1.82) is 0 Å². The van der Waals surface area contributed by atoms with Crippen molar-refractivity contribution < 1.29 is 9.18 Å². The molecule has 1 amide bonds. The molecule has 0 fully saturated rings. The lowest BCUT2D eigenvalue weighted by Gasteiger charge is -2.24. The Morgan fingerprint density at radius 2 is 2.04 bits per heavy atom. The normalized spacial score (nSPS) is 11.0. The number of nitrogens with zero attached hydrogens (tertiary/aromatic N) is 4. The molecule has 0 atom stereocenters. The number of thiazole rings is 1. The van der Waals surface area contributed by atoms with Crippen molar-refractivity contribution in [3.63, 3.8) is 0 Å². The average Bonchev–Trinajstić information content (AvgIpc) is 3.14. The van der Waals surface area contributed by atoms with E-state index in [-0.39, 0.29) is 18.1 Å². The Morgan fingerprint density at radius 3 is 2.75 bits per heavy atom. The Morgan fingerprint density at radius 1 is 1.18 bits per heavy atom. The first-order valence-electron chi connectivity index (χ1n) is 9.03. The van der Waals surface area contributed by atoms with Crippen molar-refractivity contribution >= 4 is 17.2 Å². The molecule has 3 rings (SSSR count). The second-order valence-electron chi connectivity index (χ2n) is 6.81. The molecule has 0 saturated carbocycles. The molecular formula is C21H23FN4OS. The van der Waals surface area contributed by atoms with Crippen LogP contribution < -0.4 is 0 Å². The van der Waals surface area contributed by atoms with Gasteiger partial charge in [-0.3, -0.25) is 9.78 Å². The minimum atomic E-state index is -0.295. The summed E-state index contributed by atoms with van der Waals surface area (Å²) >= 11 is 1.42. The molecule has 0 aliphatic carbocycles. The van der Waals surface area contributed by atoms with Crippen LogP contribution >= 0.6 is 11.3 Å². The molecule has 0 aliphatic rings. The van der Waals surface area contributed by atoms with Gasteiger partial charge in [-0.15, -0.1) is 11.3 Å². The number of hydrogen-bond acceptors (Lipinski definition) is 5. The lowest BCUT2D eigenvalue weighted by atomic mass is 10.2. The molecular weight excluding hydrogens is 375 g/mol. The van der Waals surface area contributed by atoms with Crippen LogP contribution in [-0.4, -0.2) is 52.9 Å². The number of carbonyl (C=O) groups excluding carboxylic acids is 1. The fourth-order valence-electron chi connectivity index (χ4n) is 2.73. The van der Waals surface area contributed by atoms with Crippen molar-refractivity contribution in [2.45, 2.75) is 13.0 Å². The zero-order chi connectivity index (χ0) is 19.9. The number of pyridine rings is 1. The Kier molecular flexibility index (Phi) is 6.84. The lowest BCUT2D eigenvalue weighted by molar-refractivity contribution is -0.131. The molecule has 0 saturated heterocycles. The molecule has 2 heterocycles. The van der Waals surface area contributed by atoms with Crippen LogP contribution in [0.2, 0.25) is 0 Å². The maximum atomic E-state index is 13.4. The van der Waals surface area contributed by atoms with Crippen LogP contribution in [0.5, 0.6) is 0 Å². The van der Waals surface area contributed by atoms with Crippen molar-refractivity contribution in [2.75, 3.05) is 27.2 Å². The summed E-state index contributed by atoms with van der Waals surface area (Å²) in [5.74, 6) is -0.279. The quantitative estimate of drug-likeness (QED) is 0.583. The summed E-state index contributed by atoms with van der Waals surface area (Å²) in [6.07, 6.45) is 3.72. The fraction of sp³-hybridized carbons (Fsp3) is 0.286. The Labute approximate surface area is 168 Å². The zero-order valence-electron chi connectivity index (χ0n) is 16.0. The van der Waals surface area contributed by atoms with Gasteiger partial charge in [-0.25, -0.2) is 9.37 Å². The van der Waals surface area contributed by atoms with Gasteiger partial charge < -0.3 is 9.80 Å². The highest BCUT2D eigenvalue weighted by atomic mass is 32.1. The van der Waals surface area contributed by atoms with E-state index >= 15 is 0 Å². The van der Waals surface area contributed by atoms with Crippen LogP contribution in [0.3, 0.4) is 0 Å². The van der Waals surface area contributed by atoms with Gasteiger partial charge in [0.15, 0.2) is 0 Å². The summed E-state index contributed by atoms with van der Waals surface area (Å²) in [5.41, 5.74) is 2.42. The number of likely N-dealkylation sites (N-methyl/N-ethyl adjacent to an activating group) is 1. The molecule has 0 N–H and O–H groups in total. The summed E-state index contributed by atoms with van der Waals surface area (Å²) < 4.78 is 13.4. The maximum Gasteiger partial charge on any atom is 0.228 e. The van der Waals surface area contributed by atoms with Crippen molar-refractivity contribution in [3.8, 4) is 10.6 Å². The van der Waals surface area contributed by atoms with Gasteiger partial charge in [-0.05, 0) is 37.9 Å². The van der Waals surface area contributed by atoms with E-state index in [4.69, 9.17) is 0 Å². The molecule has 0 unspecified atom stereocenters. The largest absolute Gasteiger partial charge is 0.337 e. The molecule has 0 aliphatic heterocycles. The van der Waals surface area contributed by atoms with Gasteiger partial charge in [0.1, 0.15) is 10.8 Å². The number of benzene rings is 1. The molecule has 2 aromatic heterocycles. The maximum absolute atomic E-state index is 13.4. The summed E-state index contributed by atoms with van der Waals surface area (Å²) in [7, 11) is 3.97. The van der Waals surface area contributed by atoms with E-state index in [1.807, 2.05) is 42.6 Å². The van der Waals surface area contributed by atoms with Crippen LogP contribution in [0.1, 0.15) is 11.3 Å². The van der Waals surface area contributed by atoms with E-state index in [1.54, 1.807) is 18.5 Å². The number of aromatic nitrogens is 2. The summed E-state index contributed by atoms with van der Waals surface area (Å²) in [6, 6.07) is 10.2. The second-order valence-corrected chi connectivity index (χ2v) is 7.67. The molecule has 146 valence electrons. The number of hydrogen-bond donors (Lipinski definition) is 0. The van der Waals surface area contributed by atoms with E-state index in [0.717, 1.165) is 22.7 Å². The molecule has 1 aromatic carbocycles. The second kappa shape index (κ2) is 9.52. The first-order valence-corrected chi connectivity index (χ1v) is 9.91. The molecule has 0 bridgehead atoms.